The Morgan fingerprint density at radius 2 is 2.21 bits per heavy atom. The topological polar surface area (TPSA) is 68.6 Å². The summed E-state index contributed by atoms with van der Waals surface area (Å²) in [5.74, 6) is 1.04. The number of carbonyl (C=O) groups is 1. The van der Waals surface area contributed by atoms with E-state index < -0.39 is 5.54 Å². The first kappa shape index (κ1) is 21.9. The van der Waals surface area contributed by atoms with Gasteiger partial charge in [0, 0.05) is 67.5 Å². The van der Waals surface area contributed by atoms with Gasteiger partial charge in [-0.25, -0.2) is 0 Å². The number of pyridine rings is 1. The number of benzene rings is 1. The van der Waals surface area contributed by atoms with Crippen molar-refractivity contribution >= 4 is 16.8 Å². The van der Waals surface area contributed by atoms with Crippen LogP contribution in [0.3, 0.4) is 0 Å². The molecule has 4 heterocycles. The molecule has 5 rings (SSSR count). The van der Waals surface area contributed by atoms with Gasteiger partial charge < -0.3 is 19.4 Å². The number of rotatable bonds is 5. The highest BCUT2D eigenvalue weighted by Gasteiger charge is 2.49. The van der Waals surface area contributed by atoms with Gasteiger partial charge in [-0.3, -0.25) is 14.7 Å². The zero-order chi connectivity index (χ0) is 23.0. The molecule has 0 bridgehead atoms. The molecule has 1 spiro atoms. The van der Waals surface area contributed by atoms with E-state index >= 15 is 0 Å². The van der Waals surface area contributed by atoms with Crippen LogP contribution in [0.5, 0.6) is 5.75 Å². The number of hydrogen-bond donors (Lipinski definition) is 1. The number of aryl methyl sites for hydroxylation is 1. The number of hydrogen-bond acceptors (Lipinski definition) is 5. The van der Waals surface area contributed by atoms with E-state index in [-0.39, 0.29) is 11.8 Å². The van der Waals surface area contributed by atoms with Crippen molar-refractivity contribution < 1.29 is 14.3 Å². The summed E-state index contributed by atoms with van der Waals surface area (Å²) in [5, 5.41) is 4.58. The van der Waals surface area contributed by atoms with E-state index in [9.17, 15) is 4.79 Å². The van der Waals surface area contributed by atoms with Crippen molar-refractivity contribution in [2.75, 3.05) is 33.4 Å². The maximum absolute atomic E-state index is 12.6. The van der Waals surface area contributed by atoms with Crippen LogP contribution < -0.4 is 10.1 Å². The smallest absolute Gasteiger partial charge is 0.222 e. The summed E-state index contributed by atoms with van der Waals surface area (Å²) >= 11 is 0. The molecule has 1 amide bonds. The minimum Gasteiger partial charge on any atom is -0.497 e. The van der Waals surface area contributed by atoms with E-state index in [0.717, 1.165) is 37.5 Å². The van der Waals surface area contributed by atoms with E-state index in [0.29, 0.717) is 19.6 Å². The first-order valence-corrected chi connectivity index (χ1v) is 11.7. The molecule has 3 aromatic rings. The predicted molar refractivity (Wildman–Crippen MR) is 127 cm³/mol. The molecule has 7 nitrogen and oxygen atoms in total. The maximum Gasteiger partial charge on any atom is 0.222 e. The molecule has 2 atom stereocenters. The van der Waals surface area contributed by atoms with E-state index in [1.54, 1.807) is 13.3 Å². The third kappa shape index (κ3) is 3.89. The largest absolute Gasteiger partial charge is 0.497 e. The number of likely N-dealkylation sites (tertiary alicyclic amines) is 1. The molecule has 0 aliphatic carbocycles. The van der Waals surface area contributed by atoms with E-state index in [1.807, 2.05) is 18.3 Å². The zero-order valence-corrected chi connectivity index (χ0v) is 19.6. The van der Waals surface area contributed by atoms with Gasteiger partial charge in [-0.05, 0) is 49.2 Å². The van der Waals surface area contributed by atoms with Crippen molar-refractivity contribution in [2.24, 2.45) is 0 Å². The third-order valence-corrected chi connectivity index (χ3v) is 7.28. The van der Waals surface area contributed by atoms with Crippen LogP contribution in [-0.2, 0) is 22.6 Å². The van der Waals surface area contributed by atoms with Crippen molar-refractivity contribution in [3.8, 4) is 5.75 Å². The lowest BCUT2D eigenvalue weighted by Crippen LogP contribution is -2.55. The van der Waals surface area contributed by atoms with Crippen molar-refractivity contribution in [1.82, 2.24) is 19.8 Å². The summed E-state index contributed by atoms with van der Waals surface area (Å²) in [7, 11) is 1.71. The second-order valence-electron chi connectivity index (χ2n) is 9.21. The van der Waals surface area contributed by atoms with Gasteiger partial charge in [0.1, 0.15) is 5.75 Å². The Balaban J connectivity index is 1.53. The Bertz CT molecular complexity index is 1160. The highest BCUT2D eigenvalue weighted by Crippen LogP contribution is 2.39. The standard InChI is InChI=1S/C26H32N4O3/c1-4-30-18(2)22(21-12-20(32-3)7-8-24(21)30)14-29-15-23(19-6-5-10-27-13-19)26(16-29)17-33-11-9-25(31)28-26/h5-8,10,12-13,23H,4,9,11,14-17H2,1-3H3,(H,28,31)/t23-,26-/m0/s1. The van der Waals surface area contributed by atoms with Gasteiger partial charge in [0.05, 0.1) is 25.9 Å². The molecule has 0 radical (unpaired) electrons. The molecule has 33 heavy (non-hydrogen) atoms. The number of fused-ring (bicyclic) bond motifs is 1. The van der Waals surface area contributed by atoms with E-state index in [2.05, 4.69) is 51.8 Å². The van der Waals surface area contributed by atoms with Gasteiger partial charge >= 0.3 is 0 Å². The molecular weight excluding hydrogens is 416 g/mol. The van der Waals surface area contributed by atoms with Crippen LogP contribution in [0, 0.1) is 6.92 Å². The third-order valence-electron chi connectivity index (χ3n) is 7.28. The van der Waals surface area contributed by atoms with E-state index in [4.69, 9.17) is 9.47 Å². The molecule has 1 N–H and O–H groups in total. The predicted octanol–water partition coefficient (Wildman–Crippen LogP) is 3.25. The summed E-state index contributed by atoms with van der Waals surface area (Å²) in [4.78, 5) is 19.4. The summed E-state index contributed by atoms with van der Waals surface area (Å²) < 4.78 is 13.8. The van der Waals surface area contributed by atoms with Crippen LogP contribution in [0.25, 0.3) is 10.9 Å². The van der Waals surface area contributed by atoms with Crippen molar-refractivity contribution in [3.63, 3.8) is 0 Å². The Labute approximate surface area is 194 Å². The minimum atomic E-state index is -0.453. The Morgan fingerprint density at radius 1 is 1.33 bits per heavy atom. The summed E-state index contributed by atoms with van der Waals surface area (Å²) in [6.07, 6.45) is 4.12. The second-order valence-corrected chi connectivity index (χ2v) is 9.21. The second kappa shape index (κ2) is 8.80. The van der Waals surface area contributed by atoms with Gasteiger partial charge in [0.2, 0.25) is 5.91 Å². The van der Waals surface area contributed by atoms with Gasteiger partial charge in [-0.15, -0.1) is 0 Å². The van der Waals surface area contributed by atoms with Crippen molar-refractivity contribution in [3.05, 3.63) is 59.5 Å². The van der Waals surface area contributed by atoms with Gasteiger partial charge in [-0.1, -0.05) is 6.07 Å². The molecule has 2 saturated heterocycles. The number of carbonyl (C=O) groups excluding carboxylic acids is 1. The average molecular weight is 449 g/mol. The summed E-state index contributed by atoms with van der Waals surface area (Å²) in [6.45, 7) is 8.65. The first-order valence-electron chi connectivity index (χ1n) is 11.7. The number of aromatic nitrogens is 2. The van der Waals surface area contributed by atoms with Crippen molar-refractivity contribution in [2.45, 2.75) is 44.8 Å². The molecule has 7 heteroatoms. The number of nitrogens with one attached hydrogen (secondary N) is 1. The molecule has 1 aromatic carbocycles. The monoisotopic (exact) mass is 448 g/mol. The van der Waals surface area contributed by atoms with Crippen molar-refractivity contribution in [1.29, 1.82) is 0 Å². The van der Waals surface area contributed by atoms with Gasteiger partial charge in [0.25, 0.3) is 0 Å². The molecule has 2 aliphatic heterocycles. The van der Waals surface area contributed by atoms with Crippen LogP contribution in [0.1, 0.15) is 36.1 Å². The SMILES string of the molecule is CCn1c(C)c(CN2C[C@@H](c3cccnc3)[C@@]3(COCCC(=O)N3)C2)c2cc(OC)ccc21. The lowest BCUT2D eigenvalue weighted by Gasteiger charge is -2.34. The Hall–Kier alpha value is -2.90. The first-order chi connectivity index (χ1) is 16.0. The van der Waals surface area contributed by atoms with Crippen LogP contribution in [0.2, 0.25) is 0 Å². The molecule has 174 valence electrons. The van der Waals surface area contributed by atoms with Crippen LogP contribution in [0.15, 0.2) is 42.7 Å². The fourth-order valence-corrected chi connectivity index (χ4v) is 5.69. The fourth-order valence-electron chi connectivity index (χ4n) is 5.69. The molecule has 0 saturated carbocycles. The molecule has 2 fully saturated rings. The summed E-state index contributed by atoms with van der Waals surface area (Å²) in [5.41, 5.74) is 4.51. The Kier molecular flexibility index (Phi) is 5.85. The van der Waals surface area contributed by atoms with Crippen LogP contribution in [0.4, 0.5) is 0 Å². The van der Waals surface area contributed by atoms with Gasteiger partial charge in [-0.2, -0.15) is 0 Å². The molecular formula is C26H32N4O3. The lowest BCUT2D eigenvalue weighted by atomic mass is 9.83. The number of methoxy groups -OCH3 is 1. The summed E-state index contributed by atoms with van der Waals surface area (Å²) in [6, 6.07) is 10.4. The normalized spacial score (nSPS) is 23.7. The van der Waals surface area contributed by atoms with Crippen LogP contribution >= 0.6 is 0 Å². The highest BCUT2D eigenvalue weighted by atomic mass is 16.5. The average Bonchev–Trinajstić information content (AvgIpc) is 3.23. The number of amides is 1. The molecule has 0 unspecified atom stereocenters. The minimum absolute atomic E-state index is 0.0618. The lowest BCUT2D eigenvalue weighted by molar-refractivity contribution is -0.122. The fraction of sp³-hybridized carbons (Fsp3) is 0.462. The molecule has 2 aliphatic rings. The van der Waals surface area contributed by atoms with E-state index in [1.165, 1.54) is 22.2 Å². The number of ether oxygens (including phenoxy) is 2. The molecule has 2 aromatic heterocycles. The maximum atomic E-state index is 12.6. The highest BCUT2D eigenvalue weighted by molar-refractivity contribution is 5.87. The number of nitrogens with zero attached hydrogens (tertiary/aromatic N) is 3. The quantitative estimate of drug-likeness (QED) is 0.649. The van der Waals surface area contributed by atoms with Crippen LogP contribution in [-0.4, -0.2) is 59.3 Å². The Morgan fingerprint density at radius 3 is 2.97 bits per heavy atom. The zero-order valence-electron chi connectivity index (χ0n) is 19.6. The van der Waals surface area contributed by atoms with Gasteiger partial charge in [0.15, 0.2) is 0 Å².